The molecular formula is C18H24N4O2S. The summed E-state index contributed by atoms with van der Waals surface area (Å²) >= 11 is 1.44. The lowest BCUT2D eigenvalue weighted by atomic mass is 10.3. The highest BCUT2D eigenvalue weighted by Crippen LogP contribution is 2.40. The molecule has 1 aliphatic carbocycles. The van der Waals surface area contributed by atoms with E-state index in [1.165, 1.54) is 24.6 Å². The molecule has 3 rings (SSSR count). The van der Waals surface area contributed by atoms with Crippen molar-refractivity contribution in [2.45, 2.75) is 56.5 Å². The van der Waals surface area contributed by atoms with Gasteiger partial charge in [-0.3, -0.25) is 4.79 Å². The number of nitrogens with zero attached hydrogens (tertiary/aromatic N) is 3. The number of carbonyl (C=O) groups excluding carboxylic acids is 1. The van der Waals surface area contributed by atoms with Crippen LogP contribution in [0.5, 0.6) is 5.75 Å². The Balaban J connectivity index is 1.67. The lowest BCUT2D eigenvalue weighted by Crippen LogP contribution is -2.23. The van der Waals surface area contributed by atoms with Crippen LogP contribution in [-0.2, 0) is 11.3 Å². The molecule has 1 aromatic carbocycles. The van der Waals surface area contributed by atoms with Crippen LogP contribution in [-0.4, -0.2) is 32.5 Å². The van der Waals surface area contributed by atoms with Crippen molar-refractivity contribution in [3.05, 3.63) is 30.1 Å². The van der Waals surface area contributed by atoms with Gasteiger partial charge in [-0.1, -0.05) is 23.9 Å². The van der Waals surface area contributed by atoms with E-state index in [1.807, 2.05) is 38.1 Å². The molecule has 1 amide bonds. The summed E-state index contributed by atoms with van der Waals surface area (Å²) in [4.78, 5) is 12.6. The zero-order valence-electron chi connectivity index (χ0n) is 14.9. The Morgan fingerprint density at radius 2 is 2.12 bits per heavy atom. The van der Waals surface area contributed by atoms with E-state index in [0.717, 1.165) is 17.5 Å². The van der Waals surface area contributed by atoms with Crippen LogP contribution in [0, 0.1) is 0 Å². The molecular weight excluding hydrogens is 336 g/mol. The molecule has 2 aromatic rings. The van der Waals surface area contributed by atoms with Gasteiger partial charge < -0.3 is 14.6 Å². The first-order chi connectivity index (χ1) is 12.1. The molecule has 25 heavy (non-hydrogen) atoms. The van der Waals surface area contributed by atoms with Crippen molar-refractivity contribution >= 4 is 23.4 Å². The van der Waals surface area contributed by atoms with Crippen LogP contribution in [0.2, 0.25) is 0 Å². The number of thioether (sulfide) groups is 1. The molecule has 0 radical (unpaired) electrons. The highest BCUT2D eigenvalue weighted by Gasteiger charge is 2.30. The standard InChI is InChI=1S/C18H24N4O2S/c1-4-22-16(13-10-11-13)20-21-18(22)25-12(3)17(23)19-14-8-6-7-9-15(14)24-5-2/h6-9,12-13H,4-5,10-11H2,1-3H3,(H,19,23). The maximum absolute atomic E-state index is 12.6. The molecule has 0 spiro atoms. The summed E-state index contributed by atoms with van der Waals surface area (Å²) in [5.74, 6) is 2.21. The molecule has 7 heteroatoms. The normalized spacial score (nSPS) is 15.0. The fourth-order valence-corrected chi connectivity index (χ4v) is 3.55. The highest BCUT2D eigenvalue weighted by molar-refractivity contribution is 8.00. The predicted molar refractivity (Wildman–Crippen MR) is 99.2 cm³/mol. The second kappa shape index (κ2) is 7.91. The van der Waals surface area contributed by atoms with Crippen LogP contribution in [0.4, 0.5) is 5.69 Å². The van der Waals surface area contributed by atoms with E-state index >= 15 is 0 Å². The van der Waals surface area contributed by atoms with Crippen LogP contribution in [0.15, 0.2) is 29.4 Å². The van der Waals surface area contributed by atoms with Gasteiger partial charge in [-0.25, -0.2) is 0 Å². The summed E-state index contributed by atoms with van der Waals surface area (Å²) in [5, 5.41) is 12.1. The highest BCUT2D eigenvalue weighted by atomic mass is 32.2. The number of benzene rings is 1. The number of carbonyl (C=O) groups is 1. The Kier molecular flexibility index (Phi) is 5.63. The van der Waals surface area contributed by atoms with Crippen molar-refractivity contribution in [3.63, 3.8) is 0 Å². The van der Waals surface area contributed by atoms with Gasteiger partial charge in [0.1, 0.15) is 11.6 Å². The summed E-state index contributed by atoms with van der Waals surface area (Å²) in [7, 11) is 0. The minimum absolute atomic E-state index is 0.0734. The molecule has 1 unspecified atom stereocenters. The average molecular weight is 360 g/mol. The molecule has 1 aliphatic rings. The first kappa shape index (κ1) is 17.8. The third-order valence-electron chi connectivity index (χ3n) is 4.10. The summed E-state index contributed by atoms with van der Waals surface area (Å²) < 4.78 is 7.69. The van der Waals surface area contributed by atoms with Gasteiger partial charge in [-0.2, -0.15) is 0 Å². The maximum Gasteiger partial charge on any atom is 0.237 e. The van der Waals surface area contributed by atoms with Gasteiger partial charge in [0.25, 0.3) is 0 Å². The third kappa shape index (κ3) is 4.15. The summed E-state index contributed by atoms with van der Waals surface area (Å²) in [6.45, 7) is 7.27. The lowest BCUT2D eigenvalue weighted by molar-refractivity contribution is -0.115. The molecule has 0 aliphatic heterocycles. The number of ether oxygens (including phenoxy) is 1. The van der Waals surface area contributed by atoms with Gasteiger partial charge in [0.15, 0.2) is 5.16 Å². The van der Waals surface area contributed by atoms with Gasteiger partial charge in [-0.05, 0) is 45.7 Å². The molecule has 1 heterocycles. The number of anilines is 1. The van der Waals surface area contributed by atoms with Gasteiger partial charge in [-0.15, -0.1) is 10.2 Å². The van der Waals surface area contributed by atoms with Gasteiger partial charge in [0.05, 0.1) is 17.5 Å². The third-order valence-corrected chi connectivity index (χ3v) is 5.18. The van der Waals surface area contributed by atoms with Crippen molar-refractivity contribution in [1.29, 1.82) is 0 Å². The Morgan fingerprint density at radius 1 is 1.36 bits per heavy atom. The summed E-state index contributed by atoms with van der Waals surface area (Å²) in [6, 6.07) is 7.47. The predicted octanol–water partition coefficient (Wildman–Crippen LogP) is 3.69. The van der Waals surface area contributed by atoms with E-state index in [0.29, 0.717) is 24.0 Å². The van der Waals surface area contributed by atoms with Crippen molar-refractivity contribution in [2.24, 2.45) is 0 Å². The monoisotopic (exact) mass is 360 g/mol. The van der Waals surface area contributed by atoms with Crippen molar-refractivity contribution in [1.82, 2.24) is 14.8 Å². The molecule has 6 nitrogen and oxygen atoms in total. The minimum Gasteiger partial charge on any atom is -0.492 e. The van der Waals surface area contributed by atoms with Crippen molar-refractivity contribution in [2.75, 3.05) is 11.9 Å². The number of para-hydroxylation sites is 2. The summed E-state index contributed by atoms with van der Waals surface area (Å²) in [6.07, 6.45) is 2.38. The number of rotatable bonds is 8. The van der Waals surface area contributed by atoms with Crippen LogP contribution < -0.4 is 10.1 Å². The molecule has 1 N–H and O–H groups in total. The van der Waals surface area contributed by atoms with E-state index in [-0.39, 0.29) is 11.2 Å². The topological polar surface area (TPSA) is 69.0 Å². The number of hydrogen-bond acceptors (Lipinski definition) is 5. The zero-order valence-corrected chi connectivity index (χ0v) is 15.7. The van der Waals surface area contributed by atoms with Crippen LogP contribution in [0.25, 0.3) is 0 Å². The van der Waals surface area contributed by atoms with Crippen LogP contribution in [0.3, 0.4) is 0 Å². The van der Waals surface area contributed by atoms with Crippen LogP contribution >= 0.6 is 11.8 Å². The molecule has 1 saturated carbocycles. The van der Waals surface area contributed by atoms with Crippen molar-refractivity contribution < 1.29 is 9.53 Å². The molecule has 0 bridgehead atoms. The largest absolute Gasteiger partial charge is 0.492 e. The lowest BCUT2D eigenvalue weighted by Gasteiger charge is -2.15. The minimum atomic E-state index is -0.281. The summed E-state index contributed by atoms with van der Waals surface area (Å²) in [5.41, 5.74) is 0.692. The Labute approximate surface area is 152 Å². The molecule has 134 valence electrons. The quantitative estimate of drug-likeness (QED) is 0.727. The second-order valence-electron chi connectivity index (χ2n) is 6.04. The fourth-order valence-electron chi connectivity index (χ4n) is 2.63. The first-order valence-corrected chi connectivity index (χ1v) is 9.64. The van der Waals surface area contributed by atoms with Gasteiger partial charge >= 0.3 is 0 Å². The maximum atomic E-state index is 12.6. The molecule has 1 fully saturated rings. The van der Waals surface area contributed by atoms with E-state index in [2.05, 4.69) is 27.0 Å². The number of hydrogen-bond donors (Lipinski definition) is 1. The SMILES string of the molecule is CCOc1ccccc1NC(=O)C(C)Sc1nnc(C2CC2)n1CC. The number of nitrogens with one attached hydrogen (secondary N) is 1. The zero-order chi connectivity index (χ0) is 17.8. The van der Waals surface area contributed by atoms with E-state index in [4.69, 9.17) is 4.74 Å². The number of amides is 1. The molecule has 0 saturated heterocycles. The smallest absolute Gasteiger partial charge is 0.237 e. The molecule has 1 aromatic heterocycles. The Bertz CT molecular complexity index is 742. The fraction of sp³-hybridized carbons (Fsp3) is 0.500. The van der Waals surface area contributed by atoms with E-state index < -0.39 is 0 Å². The van der Waals surface area contributed by atoms with Gasteiger partial charge in [0.2, 0.25) is 5.91 Å². The van der Waals surface area contributed by atoms with Gasteiger partial charge in [0, 0.05) is 12.5 Å². The molecule has 1 atom stereocenters. The number of aromatic nitrogens is 3. The average Bonchev–Trinajstić information content (AvgIpc) is 3.38. The second-order valence-corrected chi connectivity index (χ2v) is 7.35. The Hall–Kier alpha value is -2.02. The van der Waals surface area contributed by atoms with E-state index in [9.17, 15) is 4.79 Å². The Morgan fingerprint density at radius 3 is 2.80 bits per heavy atom. The van der Waals surface area contributed by atoms with Crippen molar-refractivity contribution in [3.8, 4) is 5.75 Å². The van der Waals surface area contributed by atoms with Crippen LogP contribution in [0.1, 0.15) is 45.4 Å². The van der Waals surface area contributed by atoms with E-state index in [1.54, 1.807) is 0 Å². The first-order valence-electron chi connectivity index (χ1n) is 8.76.